The number of hydrogen-bond donors (Lipinski definition) is 1. The molecule has 0 saturated heterocycles. The first-order valence-electron chi connectivity index (χ1n) is 6.68. The van der Waals surface area contributed by atoms with Crippen LogP contribution in [0.3, 0.4) is 0 Å². The summed E-state index contributed by atoms with van der Waals surface area (Å²) in [6.07, 6.45) is 1.60. The fraction of sp³-hybridized carbons (Fsp3) is 0.562. The number of aliphatic hydroxyl groups excluding tert-OH is 1. The van der Waals surface area contributed by atoms with Crippen molar-refractivity contribution in [1.29, 1.82) is 0 Å². The standard InChI is InChI=1S/C16H22O2/c1-16(2,3)13-8-4-11(5-9-13)10-14(17)15(18)12-6-7-12/h4-5,8-9,12,15,18H,6-7,10H2,1-3H3. The first-order valence-corrected chi connectivity index (χ1v) is 6.68. The number of carbonyl (C=O) groups excluding carboxylic acids is 1. The van der Waals surface area contributed by atoms with E-state index in [2.05, 4.69) is 32.9 Å². The van der Waals surface area contributed by atoms with Gasteiger partial charge in [0.15, 0.2) is 5.78 Å². The smallest absolute Gasteiger partial charge is 0.165 e. The molecule has 0 amide bonds. The fourth-order valence-electron chi connectivity index (χ4n) is 2.10. The third-order valence-electron chi connectivity index (χ3n) is 3.60. The zero-order valence-corrected chi connectivity index (χ0v) is 11.4. The van der Waals surface area contributed by atoms with E-state index in [0.717, 1.165) is 18.4 Å². The maximum absolute atomic E-state index is 11.8. The molecule has 1 aromatic carbocycles. The molecular formula is C16H22O2. The van der Waals surface area contributed by atoms with Crippen LogP contribution in [-0.2, 0) is 16.6 Å². The van der Waals surface area contributed by atoms with Gasteiger partial charge in [0.05, 0.1) is 0 Å². The average molecular weight is 246 g/mol. The lowest BCUT2D eigenvalue weighted by molar-refractivity contribution is -0.127. The third kappa shape index (κ3) is 3.20. The quantitative estimate of drug-likeness (QED) is 0.887. The monoisotopic (exact) mass is 246 g/mol. The number of benzene rings is 1. The van der Waals surface area contributed by atoms with E-state index in [4.69, 9.17) is 0 Å². The van der Waals surface area contributed by atoms with Crippen molar-refractivity contribution >= 4 is 5.78 Å². The molecule has 1 aromatic rings. The molecule has 0 bridgehead atoms. The Bertz CT molecular complexity index is 421. The normalized spacial score (nSPS) is 17.6. The summed E-state index contributed by atoms with van der Waals surface area (Å²) in [5.74, 6) is 0.187. The van der Waals surface area contributed by atoms with Gasteiger partial charge in [-0.25, -0.2) is 0 Å². The van der Waals surface area contributed by atoms with Crippen molar-refractivity contribution in [1.82, 2.24) is 0 Å². The Morgan fingerprint density at radius 2 is 1.83 bits per heavy atom. The number of ketones is 1. The van der Waals surface area contributed by atoms with E-state index in [-0.39, 0.29) is 17.1 Å². The van der Waals surface area contributed by atoms with Gasteiger partial charge in [-0.3, -0.25) is 4.79 Å². The van der Waals surface area contributed by atoms with Gasteiger partial charge >= 0.3 is 0 Å². The molecule has 1 saturated carbocycles. The first-order chi connectivity index (χ1) is 8.38. The number of hydrogen-bond acceptors (Lipinski definition) is 2. The molecule has 1 fully saturated rings. The van der Waals surface area contributed by atoms with E-state index in [1.807, 2.05) is 12.1 Å². The fourth-order valence-corrected chi connectivity index (χ4v) is 2.10. The zero-order chi connectivity index (χ0) is 13.3. The largest absolute Gasteiger partial charge is 0.385 e. The van der Waals surface area contributed by atoms with Crippen molar-refractivity contribution in [3.05, 3.63) is 35.4 Å². The van der Waals surface area contributed by atoms with Crippen molar-refractivity contribution in [3.63, 3.8) is 0 Å². The van der Waals surface area contributed by atoms with Gasteiger partial charge in [0.1, 0.15) is 6.10 Å². The number of aliphatic hydroxyl groups is 1. The van der Waals surface area contributed by atoms with Crippen LogP contribution in [0.15, 0.2) is 24.3 Å². The molecule has 1 N–H and O–H groups in total. The molecule has 98 valence electrons. The second-order valence-electron chi connectivity index (χ2n) is 6.37. The lowest BCUT2D eigenvalue weighted by Crippen LogP contribution is -2.24. The molecule has 1 atom stereocenters. The molecule has 1 unspecified atom stereocenters. The Morgan fingerprint density at radius 3 is 2.28 bits per heavy atom. The summed E-state index contributed by atoms with van der Waals surface area (Å²) in [6, 6.07) is 8.15. The Kier molecular flexibility index (Phi) is 3.58. The minimum atomic E-state index is -0.743. The highest BCUT2D eigenvalue weighted by molar-refractivity contribution is 5.85. The van der Waals surface area contributed by atoms with E-state index >= 15 is 0 Å². The van der Waals surface area contributed by atoms with Crippen LogP contribution in [0.2, 0.25) is 0 Å². The van der Waals surface area contributed by atoms with E-state index in [1.54, 1.807) is 0 Å². The summed E-state index contributed by atoms with van der Waals surface area (Å²) in [4.78, 5) is 11.8. The maximum atomic E-state index is 11.8. The van der Waals surface area contributed by atoms with Crippen LogP contribution in [-0.4, -0.2) is 17.0 Å². The highest BCUT2D eigenvalue weighted by Gasteiger charge is 2.34. The molecule has 2 heteroatoms. The van der Waals surface area contributed by atoms with Gasteiger partial charge in [-0.2, -0.15) is 0 Å². The first kappa shape index (κ1) is 13.3. The Labute approximate surface area is 109 Å². The minimum absolute atomic E-state index is 0.0407. The minimum Gasteiger partial charge on any atom is -0.385 e. The van der Waals surface area contributed by atoms with E-state index < -0.39 is 6.10 Å². The third-order valence-corrected chi connectivity index (χ3v) is 3.60. The van der Waals surface area contributed by atoms with Crippen molar-refractivity contribution < 1.29 is 9.90 Å². The Balaban J connectivity index is 1.99. The number of carbonyl (C=O) groups is 1. The Morgan fingerprint density at radius 1 is 1.28 bits per heavy atom. The SMILES string of the molecule is CC(C)(C)c1ccc(CC(=O)C(O)C2CC2)cc1. The molecule has 1 aliphatic rings. The van der Waals surface area contributed by atoms with Crippen LogP contribution >= 0.6 is 0 Å². The van der Waals surface area contributed by atoms with Crippen LogP contribution < -0.4 is 0 Å². The van der Waals surface area contributed by atoms with Crippen LogP contribution in [0.1, 0.15) is 44.7 Å². The van der Waals surface area contributed by atoms with Crippen molar-refractivity contribution in [2.24, 2.45) is 5.92 Å². The van der Waals surface area contributed by atoms with Crippen molar-refractivity contribution in [3.8, 4) is 0 Å². The summed E-state index contributed by atoms with van der Waals surface area (Å²) in [5, 5.41) is 9.75. The van der Waals surface area contributed by atoms with Gasteiger partial charge in [-0.15, -0.1) is 0 Å². The molecule has 2 rings (SSSR count). The summed E-state index contributed by atoms with van der Waals surface area (Å²) in [6.45, 7) is 6.51. The lowest BCUT2D eigenvalue weighted by Gasteiger charge is -2.19. The van der Waals surface area contributed by atoms with Crippen LogP contribution in [0.5, 0.6) is 0 Å². The molecule has 1 aliphatic carbocycles. The molecule has 0 spiro atoms. The highest BCUT2D eigenvalue weighted by Crippen LogP contribution is 2.33. The summed E-state index contributed by atoms with van der Waals surface area (Å²) in [5.41, 5.74) is 2.39. The van der Waals surface area contributed by atoms with Gasteiger partial charge in [0.2, 0.25) is 0 Å². The van der Waals surface area contributed by atoms with Gasteiger partial charge in [-0.05, 0) is 35.3 Å². The second-order valence-corrected chi connectivity index (χ2v) is 6.37. The number of Topliss-reactive ketones (excluding diaryl/α,β-unsaturated/α-hetero) is 1. The topological polar surface area (TPSA) is 37.3 Å². The maximum Gasteiger partial charge on any atom is 0.165 e. The summed E-state index contributed by atoms with van der Waals surface area (Å²) >= 11 is 0. The van der Waals surface area contributed by atoms with Crippen LogP contribution in [0.4, 0.5) is 0 Å². The number of rotatable bonds is 4. The van der Waals surface area contributed by atoms with E-state index in [0.29, 0.717) is 6.42 Å². The molecule has 0 radical (unpaired) electrons. The predicted octanol–water partition coefficient (Wildman–Crippen LogP) is 2.87. The molecular weight excluding hydrogens is 224 g/mol. The van der Waals surface area contributed by atoms with Gasteiger partial charge in [0, 0.05) is 6.42 Å². The van der Waals surface area contributed by atoms with E-state index in [9.17, 15) is 9.90 Å². The molecule has 0 aromatic heterocycles. The molecule has 18 heavy (non-hydrogen) atoms. The van der Waals surface area contributed by atoms with Gasteiger partial charge in [-0.1, -0.05) is 45.0 Å². The summed E-state index contributed by atoms with van der Waals surface area (Å²) in [7, 11) is 0. The van der Waals surface area contributed by atoms with E-state index in [1.165, 1.54) is 5.56 Å². The molecule has 2 nitrogen and oxygen atoms in total. The zero-order valence-electron chi connectivity index (χ0n) is 11.4. The predicted molar refractivity (Wildman–Crippen MR) is 72.6 cm³/mol. The highest BCUT2D eigenvalue weighted by atomic mass is 16.3. The molecule has 0 aliphatic heterocycles. The molecule has 0 heterocycles. The van der Waals surface area contributed by atoms with Crippen LogP contribution in [0, 0.1) is 5.92 Å². The van der Waals surface area contributed by atoms with Crippen molar-refractivity contribution in [2.45, 2.75) is 51.6 Å². The lowest BCUT2D eigenvalue weighted by atomic mass is 9.86. The van der Waals surface area contributed by atoms with Gasteiger partial charge < -0.3 is 5.11 Å². The second kappa shape index (κ2) is 4.85. The van der Waals surface area contributed by atoms with Crippen molar-refractivity contribution in [2.75, 3.05) is 0 Å². The van der Waals surface area contributed by atoms with Crippen LogP contribution in [0.25, 0.3) is 0 Å². The van der Waals surface area contributed by atoms with Gasteiger partial charge in [0.25, 0.3) is 0 Å². The Hall–Kier alpha value is -1.15. The average Bonchev–Trinajstić information content (AvgIpc) is 3.11. The summed E-state index contributed by atoms with van der Waals surface area (Å²) < 4.78 is 0.